The summed E-state index contributed by atoms with van der Waals surface area (Å²) in [5.41, 5.74) is 2.64. The molecule has 0 bridgehead atoms. The number of hydrogen-bond donors (Lipinski definition) is 3. The highest BCUT2D eigenvalue weighted by atomic mass is 32.2. The van der Waals surface area contributed by atoms with Crippen molar-refractivity contribution in [1.29, 1.82) is 0 Å². The number of sulfonamides is 1. The molecular weight excluding hydrogens is 276 g/mol. The van der Waals surface area contributed by atoms with Crippen molar-refractivity contribution >= 4 is 15.8 Å². The highest BCUT2D eigenvalue weighted by Gasteiger charge is 2.64. The lowest BCUT2D eigenvalue weighted by molar-refractivity contribution is 0.457. The molecule has 6 nitrogen and oxygen atoms in total. The van der Waals surface area contributed by atoms with Crippen LogP contribution in [-0.2, 0) is 10.0 Å². The number of nitrogens with zero attached hydrogens (tertiary/aromatic N) is 1. The highest BCUT2D eigenvalue weighted by Crippen LogP contribution is 2.67. The van der Waals surface area contributed by atoms with E-state index in [1.165, 1.54) is 18.3 Å². The van der Waals surface area contributed by atoms with Crippen LogP contribution in [0.15, 0.2) is 23.2 Å². The molecule has 1 heterocycles. The average Bonchev–Trinajstić information content (AvgIpc) is 2.77. The molecule has 112 valence electrons. The maximum absolute atomic E-state index is 12.2. The van der Waals surface area contributed by atoms with Gasteiger partial charge >= 0.3 is 0 Å². The third-order valence-corrected chi connectivity index (χ3v) is 6.41. The molecule has 1 aliphatic rings. The monoisotopic (exact) mass is 298 g/mol. The van der Waals surface area contributed by atoms with Gasteiger partial charge in [-0.05, 0) is 22.8 Å². The van der Waals surface area contributed by atoms with Crippen molar-refractivity contribution in [2.75, 3.05) is 12.0 Å². The molecule has 0 amide bonds. The van der Waals surface area contributed by atoms with E-state index in [-0.39, 0.29) is 15.7 Å². The summed E-state index contributed by atoms with van der Waals surface area (Å²) in [5, 5.41) is 0. The van der Waals surface area contributed by atoms with Crippen LogP contribution in [0, 0.1) is 16.7 Å². The molecule has 0 radical (unpaired) electrons. The number of hydrazine groups is 1. The Morgan fingerprint density at radius 3 is 2.40 bits per heavy atom. The molecule has 20 heavy (non-hydrogen) atoms. The molecule has 7 heteroatoms. The number of pyridine rings is 1. The van der Waals surface area contributed by atoms with Gasteiger partial charge in [-0.15, -0.1) is 0 Å². The summed E-state index contributed by atoms with van der Waals surface area (Å²) in [6, 6.07) is 2.86. The minimum absolute atomic E-state index is 0.151. The molecule has 0 saturated heterocycles. The lowest BCUT2D eigenvalue weighted by Crippen LogP contribution is -2.27. The average molecular weight is 298 g/mol. The Labute approximate surface area is 120 Å². The van der Waals surface area contributed by atoms with Crippen molar-refractivity contribution in [2.24, 2.45) is 22.6 Å². The summed E-state index contributed by atoms with van der Waals surface area (Å²) in [7, 11) is -3.53. The first-order valence-corrected chi connectivity index (χ1v) is 8.03. The summed E-state index contributed by atoms with van der Waals surface area (Å²) in [6.45, 7) is 9.09. The number of hydrogen-bond acceptors (Lipinski definition) is 5. The normalized spacial score (nSPS) is 20.6. The molecule has 1 saturated carbocycles. The van der Waals surface area contributed by atoms with Gasteiger partial charge in [0.05, 0.1) is 4.90 Å². The first kappa shape index (κ1) is 15.2. The third kappa shape index (κ3) is 2.41. The maximum atomic E-state index is 12.2. The number of nitrogen functional groups attached to an aromatic ring is 1. The zero-order chi connectivity index (χ0) is 15.2. The van der Waals surface area contributed by atoms with E-state index >= 15 is 0 Å². The van der Waals surface area contributed by atoms with Gasteiger partial charge in [0, 0.05) is 18.8 Å². The largest absolute Gasteiger partial charge is 0.308 e. The van der Waals surface area contributed by atoms with Crippen LogP contribution >= 0.6 is 0 Å². The number of rotatable bonds is 5. The molecule has 1 aromatic rings. The molecule has 0 aliphatic heterocycles. The highest BCUT2D eigenvalue weighted by molar-refractivity contribution is 7.89. The standard InChI is InChI=1S/C13H22N4O2S/c1-12(2)10(13(12,3)4)8-16-20(18,19)9-5-6-15-11(7-9)17-14/h5-7,10,16H,8,14H2,1-4H3,(H,15,17). The van der Waals surface area contributed by atoms with Crippen molar-refractivity contribution < 1.29 is 8.42 Å². The second-order valence-corrected chi connectivity index (χ2v) is 8.14. The van der Waals surface area contributed by atoms with Crippen molar-refractivity contribution in [2.45, 2.75) is 32.6 Å². The Kier molecular flexibility index (Phi) is 3.56. The molecule has 2 rings (SSSR count). The lowest BCUT2D eigenvalue weighted by Gasteiger charge is -2.08. The smallest absolute Gasteiger partial charge is 0.240 e. The molecule has 4 N–H and O–H groups in total. The predicted octanol–water partition coefficient (Wildman–Crippen LogP) is 1.33. The zero-order valence-corrected chi connectivity index (χ0v) is 13.1. The summed E-state index contributed by atoms with van der Waals surface area (Å²) < 4.78 is 27.2. The SMILES string of the molecule is CC1(C)C(CNS(=O)(=O)c2ccnc(NN)c2)C1(C)C. The van der Waals surface area contributed by atoms with Crippen LogP contribution in [0.2, 0.25) is 0 Å². The van der Waals surface area contributed by atoms with E-state index in [0.717, 1.165) is 0 Å². The van der Waals surface area contributed by atoms with E-state index < -0.39 is 10.0 Å². The fourth-order valence-electron chi connectivity index (χ4n) is 2.78. The minimum Gasteiger partial charge on any atom is -0.308 e. The van der Waals surface area contributed by atoms with Crippen molar-refractivity contribution in [1.82, 2.24) is 9.71 Å². The Hall–Kier alpha value is -1.18. The van der Waals surface area contributed by atoms with Gasteiger partial charge in [0.2, 0.25) is 10.0 Å². The van der Waals surface area contributed by atoms with Crippen molar-refractivity contribution in [3.8, 4) is 0 Å². The Morgan fingerprint density at radius 2 is 1.90 bits per heavy atom. The summed E-state index contributed by atoms with van der Waals surface area (Å²) in [5.74, 6) is 5.89. The van der Waals surface area contributed by atoms with Crippen LogP contribution in [0.4, 0.5) is 5.82 Å². The van der Waals surface area contributed by atoms with E-state index in [2.05, 4.69) is 42.8 Å². The van der Waals surface area contributed by atoms with Crippen LogP contribution in [-0.4, -0.2) is 19.9 Å². The number of nitrogens with one attached hydrogen (secondary N) is 2. The molecule has 1 aromatic heterocycles. The lowest BCUT2D eigenvalue weighted by atomic mass is 10.0. The van der Waals surface area contributed by atoms with E-state index in [9.17, 15) is 8.42 Å². The van der Waals surface area contributed by atoms with Crippen LogP contribution in [0.25, 0.3) is 0 Å². The second-order valence-electron chi connectivity index (χ2n) is 6.37. The Balaban J connectivity index is 2.09. The van der Waals surface area contributed by atoms with Gasteiger partial charge in [0.1, 0.15) is 5.82 Å². The van der Waals surface area contributed by atoms with Gasteiger partial charge in [-0.3, -0.25) is 0 Å². The van der Waals surface area contributed by atoms with Gasteiger partial charge in [-0.2, -0.15) is 0 Å². The molecule has 0 spiro atoms. The molecule has 0 unspecified atom stereocenters. The first-order valence-electron chi connectivity index (χ1n) is 6.55. The molecule has 0 atom stereocenters. The van der Waals surface area contributed by atoms with Gasteiger partial charge in [-0.1, -0.05) is 27.7 Å². The fourth-order valence-corrected chi connectivity index (χ4v) is 3.84. The van der Waals surface area contributed by atoms with Crippen molar-refractivity contribution in [3.63, 3.8) is 0 Å². The van der Waals surface area contributed by atoms with Crippen LogP contribution in [0.5, 0.6) is 0 Å². The van der Waals surface area contributed by atoms with E-state index in [4.69, 9.17) is 5.84 Å². The quantitative estimate of drug-likeness (QED) is 0.563. The van der Waals surface area contributed by atoms with Gasteiger partial charge in [0.25, 0.3) is 0 Å². The summed E-state index contributed by atoms with van der Waals surface area (Å²) in [4.78, 5) is 4.06. The molecule has 1 fully saturated rings. The summed E-state index contributed by atoms with van der Waals surface area (Å²) in [6.07, 6.45) is 1.41. The van der Waals surface area contributed by atoms with E-state index in [1.54, 1.807) is 0 Å². The van der Waals surface area contributed by atoms with E-state index in [1.807, 2.05) is 0 Å². The van der Waals surface area contributed by atoms with Crippen LogP contribution in [0.3, 0.4) is 0 Å². The van der Waals surface area contributed by atoms with Crippen molar-refractivity contribution in [3.05, 3.63) is 18.3 Å². The topological polar surface area (TPSA) is 97.1 Å². The Morgan fingerprint density at radius 1 is 1.30 bits per heavy atom. The number of aromatic nitrogens is 1. The molecule has 1 aliphatic carbocycles. The number of anilines is 1. The van der Waals surface area contributed by atoms with Crippen LogP contribution < -0.4 is 16.0 Å². The number of nitrogens with two attached hydrogens (primary N) is 1. The van der Waals surface area contributed by atoms with Gasteiger partial charge in [-0.25, -0.2) is 24.0 Å². The molecule has 0 aromatic carbocycles. The summed E-state index contributed by atoms with van der Waals surface area (Å²) >= 11 is 0. The first-order chi connectivity index (χ1) is 9.13. The maximum Gasteiger partial charge on any atom is 0.240 e. The van der Waals surface area contributed by atoms with Gasteiger partial charge < -0.3 is 5.43 Å². The minimum atomic E-state index is -3.53. The Bertz CT molecular complexity index is 597. The fraction of sp³-hybridized carbons (Fsp3) is 0.615. The zero-order valence-electron chi connectivity index (χ0n) is 12.3. The third-order valence-electron chi connectivity index (χ3n) is 4.99. The molecular formula is C13H22N4O2S. The van der Waals surface area contributed by atoms with Crippen LogP contribution in [0.1, 0.15) is 27.7 Å². The van der Waals surface area contributed by atoms with Gasteiger partial charge in [0.15, 0.2) is 0 Å². The predicted molar refractivity (Wildman–Crippen MR) is 78.3 cm³/mol. The second kappa shape index (κ2) is 4.68. The van der Waals surface area contributed by atoms with E-state index in [0.29, 0.717) is 18.3 Å².